The van der Waals surface area contributed by atoms with Crippen molar-refractivity contribution >= 4 is 10.9 Å². The molecule has 1 nitrogen and oxygen atoms in total. The molecule has 15 heavy (non-hydrogen) atoms. The summed E-state index contributed by atoms with van der Waals surface area (Å²) in [5.41, 5.74) is 2.18. The predicted octanol–water partition coefficient (Wildman–Crippen LogP) is 4.46. The van der Waals surface area contributed by atoms with Gasteiger partial charge in [0.1, 0.15) is 5.82 Å². The van der Waals surface area contributed by atoms with Crippen LogP contribution in [0.4, 0.5) is 4.39 Å². The van der Waals surface area contributed by atoms with Gasteiger partial charge >= 0.3 is 0 Å². The van der Waals surface area contributed by atoms with E-state index >= 15 is 0 Å². The molecule has 0 aliphatic heterocycles. The molecule has 0 amide bonds. The first-order valence-electron chi connectivity index (χ1n) is 5.45. The molecule has 2 rings (SSSR count). The molecule has 0 saturated heterocycles. The average molecular weight is 207 g/mol. The van der Waals surface area contributed by atoms with Gasteiger partial charge in [0.15, 0.2) is 0 Å². The van der Waals surface area contributed by atoms with Gasteiger partial charge in [-0.05, 0) is 29.7 Å². The second kappa shape index (κ2) is 4.96. The zero-order valence-corrected chi connectivity index (χ0v) is 9.76. The van der Waals surface area contributed by atoms with Gasteiger partial charge in [-0.1, -0.05) is 27.7 Å². The van der Waals surface area contributed by atoms with Gasteiger partial charge in [-0.2, -0.15) is 0 Å². The second-order valence-electron chi connectivity index (χ2n) is 3.59. The van der Waals surface area contributed by atoms with Gasteiger partial charge in [0.05, 0.1) is 0 Å². The molecule has 0 aliphatic carbocycles. The Morgan fingerprint density at radius 3 is 2.47 bits per heavy atom. The van der Waals surface area contributed by atoms with Crippen LogP contribution in [0.3, 0.4) is 0 Å². The molecular weight excluding hydrogens is 189 g/mol. The van der Waals surface area contributed by atoms with Crippen LogP contribution in [0.5, 0.6) is 0 Å². The van der Waals surface area contributed by atoms with Crippen LogP contribution < -0.4 is 0 Å². The van der Waals surface area contributed by atoms with E-state index in [4.69, 9.17) is 0 Å². The summed E-state index contributed by atoms with van der Waals surface area (Å²) in [5, 5.41) is 0.995. The van der Waals surface area contributed by atoms with Crippen molar-refractivity contribution in [2.45, 2.75) is 33.6 Å². The summed E-state index contributed by atoms with van der Waals surface area (Å²) in [5.74, 6) is 0.254. The molecule has 1 aromatic carbocycles. The molecule has 1 aromatic heterocycles. The van der Waals surface area contributed by atoms with Gasteiger partial charge in [0, 0.05) is 17.1 Å². The predicted molar refractivity (Wildman–Crippen MR) is 63.7 cm³/mol. The Bertz CT molecular complexity index is 429. The minimum Gasteiger partial charge on any atom is -0.361 e. The van der Waals surface area contributed by atoms with Crippen molar-refractivity contribution in [3.63, 3.8) is 0 Å². The van der Waals surface area contributed by atoms with E-state index in [0.717, 1.165) is 10.9 Å². The Hall–Kier alpha value is -1.31. The molecule has 2 heteroatoms. The van der Waals surface area contributed by atoms with Crippen LogP contribution in [0.25, 0.3) is 10.9 Å². The number of nitrogens with one attached hydrogen (secondary N) is 1. The fourth-order valence-electron chi connectivity index (χ4n) is 1.59. The lowest BCUT2D eigenvalue weighted by atomic mass is 10.0. The van der Waals surface area contributed by atoms with Crippen LogP contribution in [-0.4, -0.2) is 4.98 Å². The summed E-state index contributed by atoms with van der Waals surface area (Å²) in [6.07, 6.45) is 1.95. The third-order valence-corrected chi connectivity index (χ3v) is 2.30. The molecule has 1 heterocycles. The van der Waals surface area contributed by atoms with Gasteiger partial charge in [-0.3, -0.25) is 0 Å². The molecule has 1 N–H and O–H groups in total. The molecular formula is C13H18FN. The number of halogens is 1. The molecule has 2 aromatic rings. The average Bonchev–Trinajstić information content (AvgIpc) is 2.63. The van der Waals surface area contributed by atoms with Crippen molar-refractivity contribution in [1.29, 1.82) is 0 Å². The Labute approximate surface area is 90.3 Å². The highest BCUT2D eigenvalue weighted by molar-refractivity contribution is 5.83. The first-order chi connectivity index (χ1) is 7.18. The summed E-state index contributed by atoms with van der Waals surface area (Å²) in [6, 6.07) is 4.83. The van der Waals surface area contributed by atoms with Crippen molar-refractivity contribution in [3.05, 3.63) is 35.8 Å². The Morgan fingerprint density at radius 1 is 1.20 bits per heavy atom. The van der Waals surface area contributed by atoms with Crippen LogP contribution in [0.2, 0.25) is 0 Å². The van der Waals surface area contributed by atoms with Crippen LogP contribution in [0.15, 0.2) is 24.4 Å². The molecule has 82 valence electrons. The third kappa shape index (κ3) is 2.38. The first-order valence-corrected chi connectivity index (χ1v) is 5.45. The quantitative estimate of drug-likeness (QED) is 0.710. The Kier molecular flexibility index (Phi) is 3.89. The van der Waals surface area contributed by atoms with E-state index in [1.54, 1.807) is 12.1 Å². The van der Waals surface area contributed by atoms with Gasteiger partial charge < -0.3 is 4.98 Å². The molecule has 0 radical (unpaired) electrons. The van der Waals surface area contributed by atoms with Gasteiger partial charge in [-0.25, -0.2) is 4.39 Å². The first kappa shape index (κ1) is 11.8. The van der Waals surface area contributed by atoms with Crippen LogP contribution in [-0.2, 0) is 0 Å². The summed E-state index contributed by atoms with van der Waals surface area (Å²) in [4.78, 5) is 3.13. The highest BCUT2D eigenvalue weighted by atomic mass is 19.1. The van der Waals surface area contributed by atoms with Crippen LogP contribution >= 0.6 is 0 Å². The van der Waals surface area contributed by atoms with Gasteiger partial charge in [0.25, 0.3) is 0 Å². The van der Waals surface area contributed by atoms with Crippen molar-refractivity contribution in [2.24, 2.45) is 0 Å². The number of benzene rings is 1. The minimum atomic E-state index is -0.172. The van der Waals surface area contributed by atoms with E-state index in [1.165, 1.54) is 11.6 Å². The van der Waals surface area contributed by atoms with Gasteiger partial charge in [-0.15, -0.1) is 0 Å². The van der Waals surface area contributed by atoms with Crippen molar-refractivity contribution in [3.8, 4) is 0 Å². The maximum absolute atomic E-state index is 12.9. The lowest BCUT2D eigenvalue weighted by molar-refractivity contribution is 0.629. The minimum absolute atomic E-state index is 0.172. The maximum atomic E-state index is 12.9. The SMILES string of the molecule is CC.CC(C)c1c[nH]c2ccc(F)cc12. The fraction of sp³-hybridized carbons (Fsp3) is 0.385. The lowest BCUT2D eigenvalue weighted by Crippen LogP contribution is -1.84. The van der Waals surface area contributed by atoms with E-state index in [0.29, 0.717) is 5.92 Å². The zero-order valence-electron chi connectivity index (χ0n) is 9.76. The highest BCUT2D eigenvalue weighted by Crippen LogP contribution is 2.25. The van der Waals surface area contributed by atoms with Gasteiger partial charge in [0.2, 0.25) is 0 Å². The monoisotopic (exact) mass is 207 g/mol. The maximum Gasteiger partial charge on any atom is 0.123 e. The second-order valence-corrected chi connectivity index (χ2v) is 3.59. The Balaban J connectivity index is 0.000000531. The number of aromatic amines is 1. The summed E-state index contributed by atoms with van der Waals surface area (Å²) in [7, 11) is 0. The molecule has 0 unspecified atom stereocenters. The smallest absolute Gasteiger partial charge is 0.123 e. The molecule has 0 atom stereocenters. The number of H-pyrrole nitrogens is 1. The number of aromatic nitrogens is 1. The zero-order chi connectivity index (χ0) is 11.4. The standard InChI is InChI=1S/C11H12FN.C2H6/c1-7(2)10-6-13-11-4-3-8(12)5-9(10)11;1-2/h3-7,13H,1-2H3;1-2H3. The molecule has 0 saturated carbocycles. The largest absolute Gasteiger partial charge is 0.361 e. The number of hydrogen-bond acceptors (Lipinski definition) is 0. The third-order valence-electron chi connectivity index (χ3n) is 2.30. The number of hydrogen-bond donors (Lipinski definition) is 1. The summed E-state index contributed by atoms with van der Waals surface area (Å²) >= 11 is 0. The van der Waals surface area contributed by atoms with Crippen LogP contribution in [0, 0.1) is 5.82 Å². The van der Waals surface area contributed by atoms with Crippen molar-refractivity contribution in [1.82, 2.24) is 4.98 Å². The summed E-state index contributed by atoms with van der Waals surface area (Å²) < 4.78 is 12.9. The molecule has 0 spiro atoms. The summed E-state index contributed by atoms with van der Waals surface area (Å²) in [6.45, 7) is 8.21. The number of rotatable bonds is 1. The Morgan fingerprint density at radius 2 is 1.87 bits per heavy atom. The fourth-order valence-corrected chi connectivity index (χ4v) is 1.59. The molecule has 0 aliphatic rings. The van der Waals surface area contributed by atoms with E-state index in [2.05, 4.69) is 18.8 Å². The topological polar surface area (TPSA) is 15.8 Å². The molecule has 0 fully saturated rings. The van der Waals surface area contributed by atoms with E-state index < -0.39 is 0 Å². The van der Waals surface area contributed by atoms with Crippen molar-refractivity contribution in [2.75, 3.05) is 0 Å². The van der Waals surface area contributed by atoms with Crippen molar-refractivity contribution < 1.29 is 4.39 Å². The lowest BCUT2D eigenvalue weighted by Gasteiger charge is -2.01. The van der Waals surface area contributed by atoms with E-state index in [1.807, 2.05) is 20.0 Å². The normalized spacial score (nSPS) is 10.3. The highest BCUT2D eigenvalue weighted by Gasteiger charge is 2.07. The van der Waals surface area contributed by atoms with Crippen LogP contribution in [0.1, 0.15) is 39.2 Å². The van der Waals surface area contributed by atoms with E-state index in [9.17, 15) is 4.39 Å². The van der Waals surface area contributed by atoms with E-state index in [-0.39, 0.29) is 5.82 Å². The molecule has 0 bridgehead atoms. The number of fused-ring (bicyclic) bond motifs is 1.